The van der Waals surface area contributed by atoms with E-state index in [-0.39, 0.29) is 0 Å². The summed E-state index contributed by atoms with van der Waals surface area (Å²) in [6.45, 7) is 0.696. The lowest BCUT2D eigenvalue weighted by atomic mass is 10.2. The molecule has 0 aliphatic heterocycles. The summed E-state index contributed by atoms with van der Waals surface area (Å²) in [5.74, 6) is 2.62. The number of benzene rings is 3. The van der Waals surface area contributed by atoms with E-state index in [0.717, 1.165) is 35.8 Å². The molecule has 4 rings (SSSR count). The lowest BCUT2D eigenvalue weighted by Gasteiger charge is -2.23. The molecule has 0 saturated carbocycles. The van der Waals surface area contributed by atoms with Crippen LogP contribution in [0.2, 0.25) is 0 Å². The van der Waals surface area contributed by atoms with Crippen molar-refractivity contribution in [3.63, 3.8) is 0 Å². The Labute approximate surface area is 198 Å². The van der Waals surface area contributed by atoms with Crippen molar-refractivity contribution in [2.45, 2.75) is 6.54 Å². The monoisotopic (exact) mass is 607 g/mol. The van der Waals surface area contributed by atoms with Crippen LogP contribution < -0.4 is 9.64 Å². The standard InChI is InChI=1S/C24H19I2NO2/c1-28-20-14-12-17(13-15-20)16-27(19-10-6-3-7-11-19)24-22(26)21(25)23(29-24)18-8-4-2-5-9-18/h2-15H,16H2,1H3. The largest absolute Gasteiger partial charge is 0.497 e. The molecule has 0 unspecified atom stereocenters. The van der Waals surface area contributed by atoms with Crippen LogP contribution >= 0.6 is 45.2 Å². The molecule has 0 fully saturated rings. The Balaban J connectivity index is 1.77. The molecule has 1 heterocycles. The normalized spacial score (nSPS) is 10.7. The summed E-state index contributed by atoms with van der Waals surface area (Å²) in [5, 5.41) is 0. The second-order valence-electron chi connectivity index (χ2n) is 6.50. The highest BCUT2D eigenvalue weighted by Gasteiger charge is 2.23. The smallest absolute Gasteiger partial charge is 0.215 e. The second kappa shape index (κ2) is 9.21. The van der Waals surface area contributed by atoms with Gasteiger partial charge in [-0.1, -0.05) is 60.7 Å². The Kier molecular flexibility index (Phi) is 6.44. The molecule has 0 radical (unpaired) electrons. The van der Waals surface area contributed by atoms with Gasteiger partial charge >= 0.3 is 0 Å². The van der Waals surface area contributed by atoms with Crippen LogP contribution in [-0.2, 0) is 6.54 Å². The van der Waals surface area contributed by atoms with Gasteiger partial charge in [0, 0.05) is 11.3 Å². The van der Waals surface area contributed by atoms with Crippen molar-refractivity contribution in [1.29, 1.82) is 0 Å². The number of nitrogens with zero attached hydrogens (tertiary/aromatic N) is 1. The maximum atomic E-state index is 6.45. The van der Waals surface area contributed by atoms with E-state index < -0.39 is 0 Å². The molecule has 0 aliphatic rings. The van der Waals surface area contributed by atoms with E-state index in [1.807, 2.05) is 36.4 Å². The first kappa shape index (κ1) is 20.3. The number of hydrogen-bond donors (Lipinski definition) is 0. The molecule has 0 bridgehead atoms. The number of hydrogen-bond acceptors (Lipinski definition) is 3. The minimum atomic E-state index is 0.696. The van der Waals surface area contributed by atoms with E-state index in [1.54, 1.807) is 7.11 Å². The van der Waals surface area contributed by atoms with Crippen LogP contribution in [0.15, 0.2) is 89.3 Å². The van der Waals surface area contributed by atoms with E-state index in [0.29, 0.717) is 6.54 Å². The fourth-order valence-corrected chi connectivity index (χ4v) is 4.43. The molecule has 0 aliphatic carbocycles. The van der Waals surface area contributed by atoms with Gasteiger partial charge < -0.3 is 14.1 Å². The number of ether oxygens (including phenoxy) is 1. The minimum absolute atomic E-state index is 0.696. The van der Waals surface area contributed by atoms with Crippen LogP contribution in [0.25, 0.3) is 11.3 Å². The average molecular weight is 607 g/mol. The molecule has 0 saturated heterocycles. The molecule has 146 valence electrons. The molecule has 0 amide bonds. The first-order valence-electron chi connectivity index (χ1n) is 9.16. The first-order valence-corrected chi connectivity index (χ1v) is 11.3. The highest BCUT2D eigenvalue weighted by atomic mass is 127. The van der Waals surface area contributed by atoms with Crippen LogP contribution in [0, 0.1) is 7.14 Å². The number of anilines is 2. The highest BCUT2D eigenvalue weighted by molar-refractivity contribution is 14.1. The summed E-state index contributed by atoms with van der Waals surface area (Å²) in [7, 11) is 1.68. The van der Waals surface area contributed by atoms with E-state index >= 15 is 0 Å². The zero-order valence-corrected chi connectivity index (χ0v) is 20.1. The quantitative estimate of drug-likeness (QED) is 0.213. The Morgan fingerprint density at radius 3 is 2.03 bits per heavy atom. The van der Waals surface area contributed by atoms with Crippen molar-refractivity contribution >= 4 is 56.8 Å². The van der Waals surface area contributed by atoms with Gasteiger partial charge in [-0.2, -0.15) is 0 Å². The Bertz CT molecular complexity index is 1080. The van der Waals surface area contributed by atoms with E-state index in [2.05, 4.69) is 98.6 Å². The summed E-state index contributed by atoms with van der Waals surface area (Å²) >= 11 is 4.76. The number of para-hydroxylation sites is 1. The lowest BCUT2D eigenvalue weighted by Crippen LogP contribution is -2.16. The summed E-state index contributed by atoms with van der Waals surface area (Å²) < 4.78 is 14.0. The molecule has 4 aromatic rings. The number of halogens is 2. The third kappa shape index (κ3) is 4.45. The van der Waals surface area contributed by atoms with E-state index in [1.165, 1.54) is 5.56 Å². The predicted molar refractivity (Wildman–Crippen MR) is 135 cm³/mol. The van der Waals surface area contributed by atoms with Gasteiger partial charge in [0.05, 0.1) is 20.8 Å². The molecule has 0 N–H and O–H groups in total. The summed E-state index contributed by atoms with van der Waals surface area (Å²) in [5.41, 5.74) is 3.35. The molecule has 29 heavy (non-hydrogen) atoms. The summed E-state index contributed by atoms with van der Waals surface area (Å²) in [6, 6.07) is 28.8. The van der Waals surface area contributed by atoms with Crippen molar-refractivity contribution in [1.82, 2.24) is 0 Å². The molecule has 0 spiro atoms. The Morgan fingerprint density at radius 1 is 0.793 bits per heavy atom. The van der Waals surface area contributed by atoms with Crippen molar-refractivity contribution in [2.75, 3.05) is 12.0 Å². The lowest BCUT2D eigenvalue weighted by molar-refractivity contribution is 0.414. The molecule has 5 heteroatoms. The maximum Gasteiger partial charge on any atom is 0.215 e. The van der Waals surface area contributed by atoms with Crippen molar-refractivity contribution in [2.24, 2.45) is 0 Å². The summed E-state index contributed by atoms with van der Waals surface area (Å²) in [4.78, 5) is 2.22. The Hall–Kier alpha value is -2.00. The third-order valence-corrected chi connectivity index (χ3v) is 7.69. The fraction of sp³-hybridized carbons (Fsp3) is 0.0833. The van der Waals surface area contributed by atoms with Crippen LogP contribution in [0.4, 0.5) is 11.6 Å². The molecular weight excluding hydrogens is 588 g/mol. The number of furan rings is 1. The zero-order valence-electron chi connectivity index (χ0n) is 15.8. The topological polar surface area (TPSA) is 25.6 Å². The van der Waals surface area contributed by atoms with Crippen molar-refractivity contribution in [3.8, 4) is 17.1 Å². The van der Waals surface area contributed by atoms with Gasteiger partial charge in [-0.25, -0.2) is 0 Å². The van der Waals surface area contributed by atoms with E-state index in [9.17, 15) is 0 Å². The van der Waals surface area contributed by atoms with Crippen molar-refractivity contribution < 1.29 is 9.15 Å². The predicted octanol–water partition coefficient (Wildman–Crippen LogP) is 7.50. The van der Waals surface area contributed by atoms with Crippen LogP contribution in [0.5, 0.6) is 5.75 Å². The fourth-order valence-electron chi connectivity index (χ4n) is 3.13. The second-order valence-corrected chi connectivity index (χ2v) is 8.66. The minimum Gasteiger partial charge on any atom is -0.497 e. The molecule has 0 atom stereocenters. The first-order chi connectivity index (χ1) is 14.2. The molecule has 3 aromatic carbocycles. The SMILES string of the molecule is COc1ccc(CN(c2ccccc2)c2oc(-c3ccccc3)c(I)c2I)cc1. The average Bonchev–Trinajstić information content (AvgIpc) is 3.08. The third-order valence-electron chi connectivity index (χ3n) is 4.63. The van der Waals surface area contributed by atoms with Crippen LogP contribution in [0.1, 0.15) is 5.56 Å². The zero-order chi connectivity index (χ0) is 20.2. The van der Waals surface area contributed by atoms with E-state index in [4.69, 9.17) is 9.15 Å². The molecular formula is C24H19I2NO2. The van der Waals surface area contributed by atoms with Gasteiger partial charge in [0.2, 0.25) is 5.88 Å². The maximum absolute atomic E-state index is 6.45. The van der Waals surface area contributed by atoms with Gasteiger partial charge in [-0.3, -0.25) is 0 Å². The molecule has 3 nitrogen and oxygen atoms in total. The highest BCUT2D eigenvalue weighted by Crippen LogP contribution is 2.41. The van der Waals surface area contributed by atoms with Gasteiger partial charge in [-0.15, -0.1) is 0 Å². The van der Waals surface area contributed by atoms with Gasteiger partial charge in [-0.05, 0) is 75.0 Å². The van der Waals surface area contributed by atoms with Crippen LogP contribution in [-0.4, -0.2) is 7.11 Å². The van der Waals surface area contributed by atoms with Crippen molar-refractivity contribution in [3.05, 3.63) is 97.6 Å². The van der Waals surface area contributed by atoms with Gasteiger partial charge in [0.1, 0.15) is 5.75 Å². The van der Waals surface area contributed by atoms with Crippen LogP contribution in [0.3, 0.4) is 0 Å². The summed E-state index contributed by atoms with van der Waals surface area (Å²) in [6.07, 6.45) is 0. The van der Waals surface area contributed by atoms with Gasteiger partial charge in [0.25, 0.3) is 0 Å². The number of methoxy groups -OCH3 is 1. The van der Waals surface area contributed by atoms with Gasteiger partial charge in [0.15, 0.2) is 5.76 Å². The Morgan fingerprint density at radius 2 is 1.41 bits per heavy atom. The number of rotatable bonds is 6. The molecule has 1 aromatic heterocycles.